The minimum atomic E-state index is -0.450. The molecule has 126 valence electrons. The number of amides is 2. The third-order valence-electron chi connectivity index (χ3n) is 3.15. The molecule has 7 nitrogen and oxygen atoms in total. The van der Waals surface area contributed by atoms with E-state index < -0.39 is 6.03 Å². The molecule has 1 aromatic heterocycles. The second kappa shape index (κ2) is 7.91. The van der Waals surface area contributed by atoms with E-state index in [4.69, 9.17) is 11.5 Å². The monoisotopic (exact) mass is 330 g/mol. The Morgan fingerprint density at radius 1 is 1.33 bits per heavy atom. The van der Waals surface area contributed by atoms with Crippen LogP contribution in [0.25, 0.3) is 0 Å². The summed E-state index contributed by atoms with van der Waals surface area (Å²) in [6.45, 7) is 2.66. The molecule has 8 heteroatoms. The second-order valence-electron chi connectivity index (χ2n) is 4.95. The highest BCUT2D eigenvalue weighted by molar-refractivity contribution is 6.02. The number of benzene rings is 1. The molecule has 0 unspecified atom stereocenters. The number of nitrogen functional groups attached to an aromatic ring is 1. The Bertz CT molecular complexity index is 745. The van der Waals surface area contributed by atoms with Crippen LogP contribution in [0.3, 0.4) is 0 Å². The molecule has 0 radical (unpaired) electrons. The maximum Gasteiger partial charge on any atom is 0.320 e. The van der Waals surface area contributed by atoms with Crippen molar-refractivity contribution in [1.29, 1.82) is 0 Å². The third kappa shape index (κ3) is 4.67. The highest BCUT2D eigenvalue weighted by Crippen LogP contribution is 2.15. The molecule has 2 rings (SSSR count). The number of nitrogens with one attached hydrogen (secondary N) is 2. The normalized spacial score (nSPS) is 11.2. The largest absolute Gasteiger partial charge is 0.398 e. The molecular formula is C16H19FN6O. The van der Waals surface area contributed by atoms with Crippen LogP contribution in [-0.2, 0) is 6.54 Å². The molecule has 1 aromatic carbocycles. The lowest BCUT2D eigenvalue weighted by atomic mass is 10.2. The summed E-state index contributed by atoms with van der Waals surface area (Å²) in [7, 11) is 0. The van der Waals surface area contributed by atoms with Crippen LogP contribution in [0.4, 0.5) is 20.7 Å². The molecule has 0 saturated heterocycles. The number of nitrogens with two attached hydrogens (primary N) is 2. The first-order valence-corrected chi connectivity index (χ1v) is 7.34. The van der Waals surface area contributed by atoms with Gasteiger partial charge in [0.05, 0.1) is 5.56 Å². The maximum atomic E-state index is 12.8. The molecule has 0 aliphatic rings. The van der Waals surface area contributed by atoms with E-state index in [0.717, 1.165) is 5.56 Å². The predicted molar refractivity (Wildman–Crippen MR) is 92.2 cm³/mol. The molecule has 0 saturated carbocycles. The molecule has 1 heterocycles. The van der Waals surface area contributed by atoms with E-state index in [0.29, 0.717) is 23.6 Å². The number of urea groups is 1. The van der Waals surface area contributed by atoms with Gasteiger partial charge in [-0.3, -0.25) is 10.3 Å². The Morgan fingerprint density at radius 3 is 2.67 bits per heavy atom. The quantitative estimate of drug-likeness (QED) is 0.494. The van der Waals surface area contributed by atoms with Crippen molar-refractivity contribution in [2.45, 2.75) is 13.5 Å². The van der Waals surface area contributed by atoms with Gasteiger partial charge in [0.1, 0.15) is 17.5 Å². The van der Waals surface area contributed by atoms with E-state index in [1.165, 1.54) is 24.4 Å². The van der Waals surface area contributed by atoms with Crippen molar-refractivity contribution in [2.75, 3.05) is 17.6 Å². The molecule has 0 aliphatic carbocycles. The second-order valence-corrected chi connectivity index (χ2v) is 4.95. The van der Waals surface area contributed by atoms with Crippen molar-refractivity contribution in [3.63, 3.8) is 0 Å². The highest BCUT2D eigenvalue weighted by Gasteiger charge is 2.08. The van der Waals surface area contributed by atoms with Gasteiger partial charge < -0.3 is 16.8 Å². The number of pyridine rings is 1. The van der Waals surface area contributed by atoms with E-state index in [9.17, 15) is 9.18 Å². The number of hydrogen-bond donors (Lipinski definition) is 4. The standard InChI is InChI=1S/C16H19FN6O/c1-2-20-15(19)12-9-21-14(7-13(12)18)23-16(24)22-8-10-3-5-11(17)6-4-10/h3-7,9H,2,8H2,1H3,(H2,19,20)(H4,18,21,22,23,24). The molecule has 0 atom stereocenters. The lowest BCUT2D eigenvalue weighted by molar-refractivity contribution is 0.251. The van der Waals surface area contributed by atoms with Crippen LogP contribution in [0.15, 0.2) is 41.5 Å². The van der Waals surface area contributed by atoms with Gasteiger partial charge in [-0.25, -0.2) is 14.2 Å². The Hall–Kier alpha value is -3.16. The van der Waals surface area contributed by atoms with Crippen LogP contribution in [0.1, 0.15) is 18.1 Å². The fourth-order valence-corrected chi connectivity index (χ4v) is 1.95. The minimum Gasteiger partial charge on any atom is -0.398 e. The van der Waals surface area contributed by atoms with Crippen LogP contribution in [0.5, 0.6) is 0 Å². The van der Waals surface area contributed by atoms with Crippen molar-refractivity contribution in [2.24, 2.45) is 10.7 Å². The van der Waals surface area contributed by atoms with Crippen LogP contribution < -0.4 is 22.1 Å². The van der Waals surface area contributed by atoms with Crippen LogP contribution >= 0.6 is 0 Å². The summed E-state index contributed by atoms with van der Waals surface area (Å²) >= 11 is 0. The highest BCUT2D eigenvalue weighted by atomic mass is 19.1. The summed E-state index contributed by atoms with van der Waals surface area (Å²) in [6.07, 6.45) is 1.46. The molecule has 0 fully saturated rings. The molecule has 24 heavy (non-hydrogen) atoms. The number of carbonyl (C=O) groups is 1. The Kier molecular flexibility index (Phi) is 5.67. The SMILES string of the molecule is CCN=C(N)c1cnc(NC(=O)NCc2ccc(F)cc2)cc1N. The molecule has 6 N–H and O–H groups in total. The van der Waals surface area contributed by atoms with Gasteiger partial charge in [-0.2, -0.15) is 0 Å². The van der Waals surface area contributed by atoms with Crippen LogP contribution in [0, 0.1) is 5.82 Å². The van der Waals surface area contributed by atoms with Gasteiger partial charge in [0, 0.05) is 31.0 Å². The van der Waals surface area contributed by atoms with Crippen LogP contribution in [-0.4, -0.2) is 23.4 Å². The van der Waals surface area contributed by atoms with Gasteiger partial charge in [-0.1, -0.05) is 12.1 Å². The number of hydrogen-bond acceptors (Lipinski definition) is 4. The van der Waals surface area contributed by atoms with E-state index in [1.54, 1.807) is 12.1 Å². The predicted octanol–water partition coefficient (Wildman–Crippen LogP) is 1.85. The number of anilines is 2. The number of aromatic nitrogens is 1. The van der Waals surface area contributed by atoms with Gasteiger partial charge in [-0.05, 0) is 24.6 Å². The number of carbonyl (C=O) groups excluding carboxylic acids is 1. The Morgan fingerprint density at radius 2 is 2.04 bits per heavy atom. The number of halogens is 1. The average molecular weight is 330 g/mol. The van der Waals surface area contributed by atoms with Gasteiger partial charge in [0.15, 0.2) is 0 Å². The smallest absolute Gasteiger partial charge is 0.320 e. The number of aliphatic imine (C=N–C) groups is 1. The van der Waals surface area contributed by atoms with Crippen molar-refractivity contribution in [3.8, 4) is 0 Å². The summed E-state index contributed by atoms with van der Waals surface area (Å²) in [5.74, 6) is 0.265. The Balaban J connectivity index is 1.95. The first-order valence-electron chi connectivity index (χ1n) is 7.34. The van der Waals surface area contributed by atoms with E-state index in [1.807, 2.05) is 6.92 Å². The van der Waals surface area contributed by atoms with Gasteiger partial charge >= 0.3 is 6.03 Å². The van der Waals surface area contributed by atoms with Gasteiger partial charge in [0.25, 0.3) is 0 Å². The van der Waals surface area contributed by atoms with Crippen molar-refractivity contribution in [1.82, 2.24) is 10.3 Å². The Labute approximate surface area is 139 Å². The zero-order valence-corrected chi connectivity index (χ0v) is 13.2. The topological polar surface area (TPSA) is 118 Å². The van der Waals surface area contributed by atoms with Crippen LogP contribution in [0.2, 0.25) is 0 Å². The van der Waals surface area contributed by atoms with E-state index in [2.05, 4.69) is 20.6 Å². The lowest BCUT2D eigenvalue weighted by Crippen LogP contribution is -2.28. The first kappa shape index (κ1) is 17.2. The summed E-state index contributed by atoms with van der Waals surface area (Å²) in [5, 5.41) is 5.21. The molecule has 0 spiro atoms. The van der Waals surface area contributed by atoms with Crippen molar-refractivity contribution >= 4 is 23.4 Å². The van der Waals surface area contributed by atoms with E-state index >= 15 is 0 Å². The summed E-state index contributed by atoms with van der Waals surface area (Å²) < 4.78 is 12.8. The molecule has 0 aliphatic heterocycles. The number of amidine groups is 1. The third-order valence-corrected chi connectivity index (χ3v) is 3.15. The van der Waals surface area contributed by atoms with Crippen molar-refractivity contribution < 1.29 is 9.18 Å². The minimum absolute atomic E-state index is 0.260. The summed E-state index contributed by atoms with van der Waals surface area (Å²) in [4.78, 5) is 20.0. The lowest BCUT2D eigenvalue weighted by Gasteiger charge is -2.10. The van der Waals surface area contributed by atoms with Crippen molar-refractivity contribution in [3.05, 3.63) is 53.5 Å². The zero-order chi connectivity index (χ0) is 17.5. The zero-order valence-electron chi connectivity index (χ0n) is 13.2. The number of rotatable bonds is 5. The maximum absolute atomic E-state index is 12.8. The molecule has 2 amide bonds. The molecule has 0 bridgehead atoms. The fourth-order valence-electron chi connectivity index (χ4n) is 1.95. The average Bonchev–Trinajstić information content (AvgIpc) is 2.54. The summed E-state index contributed by atoms with van der Waals surface area (Å²) in [5.41, 5.74) is 13.4. The fraction of sp³-hybridized carbons (Fsp3) is 0.188. The molecular weight excluding hydrogens is 311 g/mol. The van der Waals surface area contributed by atoms with Gasteiger partial charge in [-0.15, -0.1) is 0 Å². The van der Waals surface area contributed by atoms with Gasteiger partial charge in [0.2, 0.25) is 0 Å². The first-order chi connectivity index (χ1) is 11.5. The number of nitrogens with zero attached hydrogens (tertiary/aromatic N) is 2. The van der Waals surface area contributed by atoms with E-state index in [-0.39, 0.29) is 18.2 Å². The molecule has 2 aromatic rings. The summed E-state index contributed by atoms with van der Waals surface area (Å²) in [6, 6.07) is 6.91.